The molecule has 0 amide bonds. The van der Waals surface area contributed by atoms with E-state index >= 15 is 0 Å². The molecule has 4 rings (SSSR count). The minimum Gasteiger partial charge on any atom is -0.503 e. The Morgan fingerprint density at radius 2 is 2.03 bits per heavy atom. The number of ether oxygens (including phenoxy) is 1. The second-order valence-electron chi connectivity index (χ2n) is 7.88. The minimum atomic E-state index is -0.889. The Morgan fingerprint density at radius 1 is 1.31 bits per heavy atom. The summed E-state index contributed by atoms with van der Waals surface area (Å²) in [4.78, 5) is 18.0. The van der Waals surface area contributed by atoms with Crippen molar-refractivity contribution in [3.63, 3.8) is 0 Å². The van der Waals surface area contributed by atoms with Crippen LogP contribution in [-0.4, -0.2) is 56.6 Å². The molecule has 7 nitrogen and oxygen atoms in total. The molecule has 1 fully saturated rings. The van der Waals surface area contributed by atoms with Crippen molar-refractivity contribution in [3.8, 4) is 29.4 Å². The number of pyridine rings is 1. The molecule has 168 valence electrons. The highest BCUT2D eigenvalue weighted by Gasteiger charge is 2.26. The van der Waals surface area contributed by atoms with Gasteiger partial charge in [0, 0.05) is 19.6 Å². The van der Waals surface area contributed by atoms with E-state index in [1.807, 2.05) is 13.8 Å². The number of nitrogens with zero attached hydrogens (tertiary/aromatic N) is 3. The van der Waals surface area contributed by atoms with Gasteiger partial charge in [-0.2, -0.15) is 5.10 Å². The molecule has 2 atom stereocenters. The molecule has 1 aliphatic heterocycles. The molecule has 2 aromatic heterocycles. The predicted octanol–water partition coefficient (Wildman–Crippen LogP) is 2.66. The first-order valence-electron chi connectivity index (χ1n) is 10.5. The van der Waals surface area contributed by atoms with Crippen LogP contribution in [0.2, 0.25) is 0 Å². The van der Waals surface area contributed by atoms with E-state index in [0.717, 1.165) is 12.1 Å². The second kappa shape index (κ2) is 8.73. The molecule has 2 N–H and O–H groups in total. The van der Waals surface area contributed by atoms with Crippen LogP contribution in [0.25, 0.3) is 22.3 Å². The average molecular weight is 442 g/mol. The van der Waals surface area contributed by atoms with Crippen LogP contribution < -0.4 is 5.43 Å². The Hall–Kier alpha value is -3.22. The van der Waals surface area contributed by atoms with E-state index in [4.69, 9.17) is 11.2 Å². The Kier molecular flexibility index (Phi) is 6.00. The first-order chi connectivity index (χ1) is 15.3. The van der Waals surface area contributed by atoms with Gasteiger partial charge in [0.25, 0.3) is 0 Å². The summed E-state index contributed by atoms with van der Waals surface area (Å²) in [5.41, 5.74) is -0.721. The molecule has 0 radical (unpaired) electrons. The number of aromatic nitrogens is 3. The van der Waals surface area contributed by atoms with E-state index < -0.39 is 28.4 Å². The van der Waals surface area contributed by atoms with E-state index in [-0.39, 0.29) is 23.3 Å². The summed E-state index contributed by atoms with van der Waals surface area (Å²) in [6.07, 6.45) is 5.65. The van der Waals surface area contributed by atoms with E-state index in [1.165, 1.54) is 6.07 Å². The van der Waals surface area contributed by atoms with Crippen LogP contribution in [0.15, 0.2) is 23.0 Å². The van der Waals surface area contributed by atoms with Crippen LogP contribution in [0, 0.1) is 24.0 Å². The number of fused-ring (bicyclic) bond motifs is 1. The lowest BCUT2D eigenvalue weighted by atomic mass is 10.1. The zero-order valence-electron chi connectivity index (χ0n) is 17.9. The molecule has 0 saturated carbocycles. The van der Waals surface area contributed by atoms with Crippen LogP contribution >= 0.6 is 0 Å². The highest BCUT2D eigenvalue weighted by Crippen LogP contribution is 2.31. The summed E-state index contributed by atoms with van der Waals surface area (Å²) in [5.74, 6) is 0.103. The van der Waals surface area contributed by atoms with E-state index in [1.54, 1.807) is 4.68 Å². The van der Waals surface area contributed by atoms with Gasteiger partial charge in [0.1, 0.15) is 23.4 Å². The molecular weight excluding hydrogens is 418 g/mol. The maximum absolute atomic E-state index is 14.4. The number of aromatic hydroxyl groups is 1. The first kappa shape index (κ1) is 22.0. The fraction of sp³-hybridized carbons (Fsp3) is 0.391. The highest BCUT2D eigenvalue weighted by atomic mass is 19.1. The van der Waals surface area contributed by atoms with E-state index in [9.17, 15) is 18.7 Å². The van der Waals surface area contributed by atoms with Crippen LogP contribution in [0.5, 0.6) is 5.75 Å². The third-order valence-electron chi connectivity index (χ3n) is 5.64. The lowest BCUT2D eigenvalue weighted by molar-refractivity contribution is -0.0514. The van der Waals surface area contributed by atoms with Gasteiger partial charge in [-0.3, -0.25) is 9.69 Å². The molecule has 32 heavy (non-hydrogen) atoms. The van der Waals surface area contributed by atoms with Crippen molar-refractivity contribution in [2.24, 2.45) is 0 Å². The van der Waals surface area contributed by atoms with E-state index in [2.05, 4.69) is 20.9 Å². The number of terminal acetylenes is 1. The average Bonchev–Trinajstić information content (AvgIpc) is 3.12. The SMILES string of the molecule is C#C[C@H]1CN(CCn2nc(CC)c3c(=O)c(O)c(-c4c(F)cccc4F)[nH]c32)C[C@@H](C)O1. The Bertz CT molecular complexity index is 1240. The molecule has 3 aromatic rings. The maximum atomic E-state index is 14.4. The standard InChI is InChI=1S/C23H24F2N4O3/c1-4-14-12-28(11-13(3)32-14)9-10-29-23-19(17(5-2)27-29)21(30)22(31)20(26-23)18-15(24)7-6-8-16(18)25/h1,6-8,13-14,31H,5,9-12H2,2-3H3,(H,26,30)/t13-,14+/m1/s1. The van der Waals surface area contributed by atoms with Crippen molar-refractivity contribution < 1.29 is 18.6 Å². The van der Waals surface area contributed by atoms with Crippen LogP contribution in [0.1, 0.15) is 19.5 Å². The number of nitrogens with one attached hydrogen (secondary N) is 1. The topological polar surface area (TPSA) is 83.4 Å². The zero-order valence-corrected chi connectivity index (χ0v) is 17.9. The normalized spacial score (nSPS) is 19.3. The fourth-order valence-electron chi connectivity index (χ4n) is 4.16. The molecule has 3 heterocycles. The lowest BCUT2D eigenvalue weighted by Gasteiger charge is -2.34. The van der Waals surface area contributed by atoms with Crippen molar-refractivity contribution in [2.45, 2.75) is 39.0 Å². The highest BCUT2D eigenvalue weighted by molar-refractivity contribution is 5.84. The van der Waals surface area contributed by atoms with Gasteiger partial charge in [-0.15, -0.1) is 6.42 Å². The molecule has 0 spiro atoms. The van der Waals surface area contributed by atoms with Crippen molar-refractivity contribution in [2.75, 3.05) is 19.6 Å². The smallest absolute Gasteiger partial charge is 0.235 e. The fourth-order valence-corrected chi connectivity index (χ4v) is 4.16. The van der Waals surface area contributed by atoms with Gasteiger partial charge in [-0.1, -0.05) is 18.9 Å². The number of benzene rings is 1. The molecule has 0 bridgehead atoms. The summed E-state index contributed by atoms with van der Waals surface area (Å²) < 4.78 is 36.1. The number of aryl methyl sites for hydroxylation is 1. The predicted molar refractivity (Wildman–Crippen MR) is 116 cm³/mol. The van der Waals surface area contributed by atoms with Crippen molar-refractivity contribution >= 4 is 11.0 Å². The number of morpholine rings is 1. The Morgan fingerprint density at radius 3 is 2.69 bits per heavy atom. The number of hydrogen-bond acceptors (Lipinski definition) is 5. The lowest BCUT2D eigenvalue weighted by Crippen LogP contribution is -2.47. The third-order valence-corrected chi connectivity index (χ3v) is 5.64. The monoisotopic (exact) mass is 442 g/mol. The summed E-state index contributed by atoms with van der Waals surface area (Å²) in [6.45, 7) is 6.04. The Balaban J connectivity index is 1.76. The number of H-pyrrole nitrogens is 1. The Labute approximate surface area is 183 Å². The maximum Gasteiger partial charge on any atom is 0.235 e. The van der Waals surface area contributed by atoms with E-state index in [0.29, 0.717) is 43.9 Å². The number of rotatable bonds is 5. The molecule has 9 heteroatoms. The summed E-state index contributed by atoms with van der Waals surface area (Å²) in [5, 5.41) is 15.2. The minimum absolute atomic E-state index is 0.0160. The largest absolute Gasteiger partial charge is 0.503 e. The van der Waals surface area contributed by atoms with Gasteiger partial charge in [0.2, 0.25) is 5.43 Å². The van der Waals surface area contributed by atoms with Crippen molar-refractivity contribution in [1.29, 1.82) is 0 Å². The molecule has 1 aromatic carbocycles. The quantitative estimate of drug-likeness (QED) is 0.594. The first-order valence-corrected chi connectivity index (χ1v) is 10.5. The van der Waals surface area contributed by atoms with Crippen LogP contribution in [0.3, 0.4) is 0 Å². The van der Waals surface area contributed by atoms with Crippen molar-refractivity contribution in [3.05, 3.63) is 45.8 Å². The van der Waals surface area contributed by atoms with Gasteiger partial charge in [-0.05, 0) is 25.5 Å². The summed E-state index contributed by atoms with van der Waals surface area (Å²) in [6, 6.07) is 3.35. The number of halogens is 2. The third kappa shape index (κ3) is 3.87. The van der Waals surface area contributed by atoms with Gasteiger partial charge >= 0.3 is 0 Å². The molecular formula is C23H24F2N4O3. The molecule has 1 saturated heterocycles. The van der Waals surface area contributed by atoms with Crippen LogP contribution in [-0.2, 0) is 17.7 Å². The second-order valence-corrected chi connectivity index (χ2v) is 7.88. The van der Waals surface area contributed by atoms with Gasteiger partial charge < -0.3 is 14.8 Å². The van der Waals surface area contributed by atoms with Gasteiger partial charge in [0.15, 0.2) is 5.75 Å². The van der Waals surface area contributed by atoms with Gasteiger partial charge in [0.05, 0.1) is 35.0 Å². The molecule has 1 aliphatic rings. The molecule has 0 aliphatic carbocycles. The van der Waals surface area contributed by atoms with Crippen LogP contribution in [0.4, 0.5) is 8.78 Å². The molecule has 0 unspecified atom stereocenters. The number of aromatic amines is 1. The van der Waals surface area contributed by atoms with Gasteiger partial charge in [-0.25, -0.2) is 13.5 Å². The number of hydrogen-bond donors (Lipinski definition) is 2. The van der Waals surface area contributed by atoms with Crippen molar-refractivity contribution in [1.82, 2.24) is 19.7 Å². The zero-order chi connectivity index (χ0) is 23.0. The summed E-state index contributed by atoms with van der Waals surface area (Å²) in [7, 11) is 0. The summed E-state index contributed by atoms with van der Waals surface area (Å²) >= 11 is 0.